The number of sulfone groups is 1. The molecule has 1 saturated carbocycles. The van der Waals surface area contributed by atoms with Crippen molar-refractivity contribution in [2.45, 2.75) is 23.8 Å². The lowest BCUT2D eigenvalue weighted by molar-refractivity contribution is 0.0690. The van der Waals surface area contributed by atoms with Gasteiger partial charge >= 0.3 is 0 Å². The van der Waals surface area contributed by atoms with E-state index >= 15 is 0 Å². The van der Waals surface area contributed by atoms with Gasteiger partial charge < -0.3 is 10.5 Å². The predicted molar refractivity (Wildman–Crippen MR) is 65.7 cm³/mol. The summed E-state index contributed by atoms with van der Waals surface area (Å²) in [5, 5.41) is 0. The van der Waals surface area contributed by atoms with Crippen molar-refractivity contribution in [3.05, 3.63) is 24.3 Å². The Kier molecular flexibility index (Phi) is 3.40. The van der Waals surface area contributed by atoms with Crippen LogP contribution >= 0.6 is 0 Å². The van der Waals surface area contributed by atoms with Crippen LogP contribution in [0.3, 0.4) is 0 Å². The van der Waals surface area contributed by atoms with Gasteiger partial charge in [0.25, 0.3) is 0 Å². The van der Waals surface area contributed by atoms with Crippen LogP contribution in [-0.2, 0) is 9.84 Å². The van der Waals surface area contributed by atoms with Gasteiger partial charge in [0, 0.05) is 6.26 Å². The Morgan fingerprint density at radius 3 is 2.35 bits per heavy atom. The second kappa shape index (κ2) is 4.66. The zero-order valence-corrected chi connectivity index (χ0v) is 10.6. The molecule has 0 atom stereocenters. The zero-order valence-electron chi connectivity index (χ0n) is 9.80. The van der Waals surface area contributed by atoms with Crippen LogP contribution in [0.25, 0.3) is 0 Å². The standard InChI is InChI=1S/C12H17NO3S/c1-17(14,15)12-4-2-10(3-5-12)16-11-6-9(7-11)8-13/h2-5,9,11H,6-8,13H2,1H3. The maximum Gasteiger partial charge on any atom is 0.175 e. The van der Waals surface area contributed by atoms with Gasteiger partial charge in [-0.1, -0.05) is 0 Å². The van der Waals surface area contributed by atoms with E-state index < -0.39 is 9.84 Å². The van der Waals surface area contributed by atoms with Crippen molar-refractivity contribution in [3.8, 4) is 5.75 Å². The fraction of sp³-hybridized carbons (Fsp3) is 0.500. The van der Waals surface area contributed by atoms with Gasteiger partial charge in [-0.15, -0.1) is 0 Å². The maximum absolute atomic E-state index is 11.3. The third-order valence-corrected chi connectivity index (χ3v) is 4.21. The second-order valence-corrected chi connectivity index (χ2v) is 6.57. The van der Waals surface area contributed by atoms with Crippen LogP contribution < -0.4 is 10.5 Å². The van der Waals surface area contributed by atoms with E-state index in [4.69, 9.17) is 10.5 Å². The lowest BCUT2D eigenvalue weighted by Crippen LogP contribution is -2.37. The predicted octanol–water partition coefficient (Wildman–Crippen LogP) is 1.21. The molecule has 0 radical (unpaired) electrons. The van der Waals surface area contributed by atoms with Crippen molar-refractivity contribution in [1.82, 2.24) is 0 Å². The molecular formula is C12H17NO3S. The van der Waals surface area contributed by atoms with Gasteiger partial charge in [-0.3, -0.25) is 0 Å². The van der Waals surface area contributed by atoms with Gasteiger partial charge in [-0.25, -0.2) is 8.42 Å². The van der Waals surface area contributed by atoms with Crippen LogP contribution in [0.1, 0.15) is 12.8 Å². The highest BCUT2D eigenvalue weighted by Crippen LogP contribution is 2.30. The van der Waals surface area contributed by atoms with Crippen molar-refractivity contribution in [1.29, 1.82) is 0 Å². The molecule has 0 aromatic heterocycles. The van der Waals surface area contributed by atoms with Gasteiger partial charge in [-0.2, -0.15) is 0 Å². The highest BCUT2D eigenvalue weighted by molar-refractivity contribution is 7.90. The maximum atomic E-state index is 11.3. The minimum atomic E-state index is -3.12. The average Bonchev–Trinajstić information content (AvgIpc) is 2.22. The van der Waals surface area contributed by atoms with Crippen LogP contribution in [0.5, 0.6) is 5.75 Å². The Balaban J connectivity index is 1.96. The summed E-state index contributed by atoms with van der Waals surface area (Å²) in [7, 11) is -3.12. The molecule has 1 aromatic rings. The van der Waals surface area contributed by atoms with E-state index in [1.54, 1.807) is 24.3 Å². The molecule has 4 nitrogen and oxygen atoms in total. The lowest BCUT2D eigenvalue weighted by Gasteiger charge is -2.34. The number of benzene rings is 1. The van der Waals surface area contributed by atoms with E-state index in [2.05, 4.69) is 0 Å². The fourth-order valence-electron chi connectivity index (χ4n) is 1.92. The molecule has 17 heavy (non-hydrogen) atoms. The van der Waals surface area contributed by atoms with E-state index in [-0.39, 0.29) is 6.10 Å². The minimum absolute atomic E-state index is 0.229. The van der Waals surface area contributed by atoms with Crippen LogP contribution in [0.15, 0.2) is 29.2 Å². The first-order valence-corrected chi connectivity index (χ1v) is 7.55. The molecule has 0 unspecified atom stereocenters. The topological polar surface area (TPSA) is 69.4 Å². The Bertz CT molecular complexity index is 475. The summed E-state index contributed by atoms with van der Waals surface area (Å²) in [5.74, 6) is 1.30. The Morgan fingerprint density at radius 1 is 1.29 bits per heavy atom. The lowest BCUT2D eigenvalue weighted by atomic mass is 9.82. The van der Waals surface area contributed by atoms with Crippen LogP contribution in [0, 0.1) is 5.92 Å². The number of rotatable bonds is 4. The molecule has 0 spiro atoms. The summed E-state index contributed by atoms with van der Waals surface area (Å²) < 4.78 is 28.2. The first kappa shape index (κ1) is 12.4. The number of hydrogen-bond donors (Lipinski definition) is 1. The molecule has 0 aliphatic heterocycles. The van der Waals surface area contributed by atoms with E-state index in [9.17, 15) is 8.42 Å². The molecule has 0 amide bonds. The second-order valence-electron chi connectivity index (χ2n) is 4.56. The smallest absolute Gasteiger partial charge is 0.175 e. The van der Waals surface area contributed by atoms with E-state index in [0.717, 1.165) is 18.6 Å². The molecule has 0 bridgehead atoms. The molecule has 5 heteroatoms. The van der Waals surface area contributed by atoms with Gasteiger partial charge in [0.15, 0.2) is 9.84 Å². The van der Waals surface area contributed by atoms with Crippen molar-refractivity contribution in [3.63, 3.8) is 0 Å². The quantitative estimate of drug-likeness (QED) is 0.878. The fourth-order valence-corrected chi connectivity index (χ4v) is 2.55. The molecule has 0 heterocycles. The van der Waals surface area contributed by atoms with Gasteiger partial charge in [-0.05, 0) is 49.6 Å². The molecular weight excluding hydrogens is 238 g/mol. The Labute approximate surface area is 102 Å². The zero-order chi connectivity index (χ0) is 12.5. The largest absolute Gasteiger partial charge is 0.490 e. The van der Waals surface area contributed by atoms with Crippen molar-refractivity contribution < 1.29 is 13.2 Å². The van der Waals surface area contributed by atoms with Crippen LogP contribution in [0.4, 0.5) is 0 Å². The number of hydrogen-bond acceptors (Lipinski definition) is 4. The summed E-state index contributed by atoms with van der Waals surface area (Å²) >= 11 is 0. The minimum Gasteiger partial charge on any atom is -0.490 e. The Morgan fingerprint density at radius 2 is 1.88 bits per heavy atom. The molecule has 1 fully saturated rings. The molecule has 2 N–H and O–H groups in total. The summed E-state index contributed by atoms with van der Waals surface area (Å²) in [6.45, 7) is 0.715. The van der Waals surface area contributed by atoms with Gasteiger partial charge in [0.05, 0.1) is 11.0 Å². The summed E-state index contributed by atoms with van der Waals surface area (Å²) in [4.78, 5) is 0.318. The van der Waals surface area contributed by atoms with E-state index in [1.807, 2.05) is 0 Å². The molecule has 2 rings (SSSR count). The molecule has 0 saturated heterocycles. The van der Waals surface area contributed by atoms with Gasteiger partial charge in [0.2, 0.25) is 0 Å². The molecule has 94 valence electrons. The third-order valence-electron chi connectivity index (χ3n) is 3.08. The normalized spacial score (nSPS) is 24.1. The van der Waals surface area contributed by atoms with Crippen LogP contribution in [-0.4, -0.2) is 27.3 Å². The van der Waals surface area contributed by atoms with Crippen molar-refractivity contribution in [2.24, 2.45) is 11.7 Å². The third kappa shape index (κ3) is 2.98. The summed E-state index contributed by atoms with van der Waals surface area (Å²) in [6, 6.07) is 6.55. The van der Waals surface area contributed by atoms with E-state index in [1.165, 1.54) is 6.26 Å². The monoisotopic (exact) mass is 255 g/mol. The van der Waals surface area contributed by atoms with Gasteiger partial charge in [0.1, 0.15) is 5.75 Å². The highest BCUT2D eigenvalue weighted by Gasteiger charge is 2.29. The summed E-state index contributed by atoms with van der Waals surface area (Å²) in [6.07, 6.45) is 3.41. The summed E-state index contributed by atoms with van der Waals surface area (Å²) in [5.41, 5.74) is 5.53. The number of nitrogens with two attached hydrogens (primary N) is 1. The first-order chi connectivity index (χ1) is 7.99. The molecule has 1 aliphatic carbocycles. The van der Waals surface area contributed by atoms with Crippen molar-refractivity contribution in [2.75, 3.05) is 12.8 Å². The van der Waals surface area contributed by atoms with E-state index in [0.29, 0.717) is 17.4 Å². The first-order valence-electron chi connectivity index (χ1n) is 5.66. The SMILES string of the molecule is CS(=O)(=O)c1ccc(OC2CC(CN)C2)cc1. The average molecular weight is 255 g/mol. The Hall–Kier alpha value is -1.07. The van der Waals surface area contributed by atoms with Crippen molar-refractivity contribution >= 4 is 9.84 Å². The molecule has 1 aromatic carbocycles. The van der Waals surface area contributed by atoms with Crippen LogP contribution in [0.2, 0.25) is 0 Å². The number of ether oxygens (including phenoxy) is 1. The molecule has 1 aliphatic rings. The highest BCUT2D eigenvalue weighted by atomic mass is 32.2.